The van der Waals surface area contributed by atoms with E-state index in [9.17, 15) is 20.0 Å². The van der Waals surface area contributed by atoms with E-state index >= 15 is 0 Å². The highest BCUT2D eigenvalue weighted by Gasteiger charge is 2.27. The first kappa shape index (κ1) is 21.8. The number of nitrogens with one attached hydrogen (secondary N) is 1. The number of aromatic hydroxyl groups is 1. The third kappa shape index (κ3) is 4.59. The van der Waals surface area contributed by atoms with Gasteiger partial charge in [-0.2, -0.15) is 0 Å². The average molecular weight is 443 g/mol. The second-order valence-electron chi connectivity index (χ2n) is 7.45. The van der Waals surface area contributed by atoms with E-state index in [0.717, 1.165) is 5.56 Å². The van der Waals surface area contributed by atoms with E-state index in [1.165, 1.54) is 18.3 Å². The molecule has 4 aromatic rings. The van der Waals surface area contributed by atoms with Crippen LogP contribution < -0.4 is 10.1 Å². The smallest absolute Gasteiger partial charge is 0.279 e. The van der Waals surface area contributed by atoms with Crippen LogP contribution in [0, 0.1) is 17.0 Å². The normalized spacial score (nSPS) is 11.7. The number of nitro benzene ring substituents is 1. The highest BCUT2D eigenvalue weighted by atomic mass is 16.6. The van der Waals surface area contributed by atoms with Crippen LogP contribution in [0.2, 0.25) is 0 Å². The van der Waals surface area contributed by atoms with E-state index in [0.29, 0.717) is 11.3 Å². The largest absolute Gasteiger partial charge is 0.505 e. The van der Waals surface area contributed by atoms with Crippen molar-refractivity contribution in [2.75, 3.05) is 6.61 Å². The fourth-order valence-corrected chi connectivity index (χ4v) is 3.70. The first-order valence-corrected chi connectivity index (χ1v) is 10.2. The molecule has 1 unspecified atom stereocenters. The van der Waals surface area contributed by atoms with Gasteiger partial charge in [0.05, 0.1) is 16.4 Å². The number of phenols is 1. The van der Waals surface area contributed by atoms with Gasteiger partial charge in [0.1, 0.15) is 17.0 Å². The SMILES string of the molecule is Cc1ccccc1C(NC(=O)COc1ccccc1)c1cc([N+](=O)[O-])c2cccnc2c1O. The van der Waals surface area contributed by atoms with Crippen molar-refractivity contribution in [1.29, 1.82) is 0 Å². The number of aromatic nitrogens is 1. The average Bonchev–Trinajstić information content (AvgIpc) is 2.83. The van der Waals surface area contributed by atoms with Gasteiger partial charge in [0.25, 0.3) is 11.6 Å². The van der Waals surface area contributed by atoms with Crippen LogP contribution in [0.15, 0.2) is 79.0 Å². The van der Waals surface area contributed by atoms with Crippen LogP contribution in [-0.4, -0.2) is 27.5 Å². The Balaban J connectivity index is 1.77. The van der Waals surface area contributed by atoms with Crippen LogP contribution in [0.5, 0.6) is 11.5 Å². The number of pyridine rings is 1. The van der Waals surface area contributed by atoms with Gasteiger partial charge in [-0.15, -0.1) is 0 Å². The molecule has 8 nitrogen and oxygen atoms in total. The van der Waals surface area contributed by atoms with Crippen molar-refractivity contribution in [1.82, 2.24) is 10.3 Å². The Hall–Kier alpha value is -4.46. The molecule has 0 aliphatic carbocycles. The van der Waals surface area contributed by atoms with Crippen molar-refractivity contribution in [3.63, 3.8) is 0 Å². The molecule has 2 N–H and O–H groups in total. The molecule has 33 heavy (non-hydrogen) atoms. The summed E-state index contributed by atoms with van der Waals surface area (Å²) in [5.74, 6) is -0.141. The van der Waals surface area contributed by atoms with Gasteiger partial charge < -0.3 is 15.2 Å². The molecule has 1 amide bonds. The molecule has 0 spiro atoms. The minimum absolute atomic E-state index is 0.0927. The second-order valence-corrected chi connectivity index (χ2v) is 7.45. The maximum absolute atomic E-state index is 12.8. The third-order valence-electron chi connectivity index (χ3n) is 5.30. The molecule has 0 saturated heterocycles. The maximum Gasteiger partial charge on any atom is 0.279 e. The van der Waals surface area contributed by atoms with Gasteiger partial charge in [0, 0.05) is 17.8 Å². The number of carbonyl (C=O) groups is 1. The van der Waals surface area contributed by atoms with Crippen molar-refractivity contribution >= 4 is 22.5 Å². The molecule has 0 aliphatic rings. The van der Waals surface area contributed by atoms with E-state index in [-0.39, 0.29) is 34.5 Å². The number of para-hydroxylation sites is 1. The van der Waals surface area contributed by atoms with E-state index in [2.05, 4.69) is 10.3 Å². The molecule has 0 fully saturated rings. The number of aryl methyl sites for hydroxylation is 1. The molecule has 1 atom stereocenters. The summed E-state index contributed by atoms with van der Waals surface area (Å²) in [6.45, 7) is 1.60. The Morgan fingerprint density at radius 3 is 2.55 bits per heavy atom. The summed E-state index contributed by atoms with van der Waals surface area (Å²) in [6.07, 6.45) is 1.45. The lowest BCUT2D eigenvalue weighted by Crippen LogP contribution is -2.33. The van der Waals surface area contributed by atoms with Gasteiger partial charge >= 0.3 is 0 Å². The lowest BCUT2D eigenvalue weighted by molar-refractivity contribution is -0.383. The number of benzene rings is 3. The summed E-state index contributed by atoms with van der Waals surface area (Å²) >= 11 is 0. The van der Waals surface area contributed by atoms with E-state index in [1.54, 1.807) is 42.5 Å². The molecule has 166 valence electrons. The fourth-order valence-electron chi connectivity index (χ4n) is 3.70. The van der Waals surface area contributed by atoms with Gasteiger partial charge in [-0.1, -0.05) is 42.5 Å². The molecular formula is C25H21N3O5. The lowest BCUT2D eigenvalue weighted by atomic mass is 9.92. The summed E-state index contributed by atoms with van der Waals surface area (Å²) in [4.78, 5) is 28.2. The fraction of sp³-hybridized carbons (Fsp3) is 0.120. The van der Waals surface area contributed by atoms with E-state index in [4.69, 9.17) is 4.74 Å². The molecule has 0 radical (unpaired) electrons. The zero-order valence-corrected chi connectivity index (χ0v) is 17.8. The monoisotopic (exact) mass is 443 g/mol. The molecule has 0 bridgehead atoms. The third-order valence-corrected chi connectivity index (χ3v) is 5.30. The first-order chi connectivity index (χ1) is 16.0. The van der Waals surface area contributed by atoms with Crippen LogP contribution in [0.3, 0.4) is 0 Å². The Bertz CT molecular complexity index is 1320. The number of rotatable bonds is 7. The number of ether oxygens (including phenoxy) is 1. The van der Waals surface area contributed by atoms with Crippen LogP contribution in [0.1, 0.15) is 22.7 Å². The summed E-state index contributed by atoms with van der Waals surface area (Å²) in [5.41, 5.74) is 1.59. The first-order valence-electron chi connectivity index (χ1n) is 10.2. The number of hydrogen-bond acceptors (Lipinski definition) is 6. The van der Waals surface area contributed by atoms with Crippen LogP contribution in [0.4, 0.5) is 5.69 Å². The topological polar surface area (TPSA) is 115 Å². The lowest BCUT2D eigenvalue weighted by Gasteiger charge is -2.23. The number of nitrogens with zero attached hydrogens (tertiary/aromatic N) is 2. The van der Waals surface area contributed by atoms with Gasteiger partial charge in [0.15, 0.2) is 6.61 Å². The van der Waals surface area contributed by atoms with Gasteiger partial charge in [0.2, 0.25) is 0 Å². The quantitative estimate of drug-likeness (QED) is 0.322. The van der Waals surface area contributed by atoms with Crippen LogP contribution >= 0.6 is 0 Å². The molecule has 1 aromatic heterocycles. The molecule has 8 heteroatoms. The van der Waals surface area contributed by atoms with Gasteiger partial charge in [-0.25, -0.2) is 0 Å². The van der Waals surface area contributed by atoms with Crippen LogP contribution in [-0.2, 0) is 4.79 Å². The van der Waals surface area contributed by atoms with E-state index in [1.807, 2.05) is 25.1 Å². The maximum atomic E-state index is 12.8. The molecule has 4 rings (SSSR count). The minimum Gasteiger partial charge on any atom is -0.505 e. The number of nitro groups is 1. The van der Waals surface area contributed by atoms with Crippen molar-refractivity contribution < 1.29 is 19.6 Å². The number of hydrogen-bond donors (Lipinski definition) is 2. The summed E-state index contributed by atoms with van der Waals surface area (Å²) in [5, 5.41) is 25.9. The molecule has 0 saturated carbocycles. The van der Waals surface area contributed by atoms with Crippen molar-refractivity contribution in [3.05, 3.63) is 106 Å². The highest BCUT2D eigenvalue weighted by Crippen LogP contribution is 2.40. The number of phenolic OH excluding ortho intramolecular Hbond substituents is 1. The highest BCUT2D eigenvalue weighted by molar-refractivity contribution is 5.94. The summed E-state index contributed by atoms with van der Waals surface area (Å²) < 4.78 is 5.54. The van der Waals surface area contributed by atoms with Gasteiger partial charge in [-0.3, -0.25) is 19.9 Å². The second kappa shape index (κ2) is 9.35. The standard InChI is InChI=1S/C25H21N3O5/c1-16-8-5-6-11-18(16)23(27-22(29)15-33-17-9-3-2-4-10-17)20-14-21(28(31)32)19-12-7-13-26-24(19)25(20)30/h2-14,23,30H,15H2,1H3,(H,27,29). The van der Waals surface area contributed by atoms with Crippen LogP contribution in [0.25, 0.3) is 10.9 Å². The van der Waals surface area contributed by atoms with Crippen molar-refractivity contribution in [2.45, 2.75) is 13.0 Å². The molecule has 3 aromatic carbocycles. The van der Waals surface area contributed by atoms with Gasteiger partial charge in [-0.05, 0) is 42.3 Å². The number of carbonyl (C=O) groups excluding carboxylic acids is 1. The Morgan fingerprint density at radius 2 is 1.82 bits per heavy atom. The zero-order valence-electron chi connectivity index (χ0n) is 17.8. The number of non-ortho nitro benzene ring substituents is 1. The molecular weight excluding hydrogens is 422 g/mol. The predicted octanol–water partition coefficient (Wildman–Crippen LogP) is 4.44. The Kier molecular flexibility index (Phi) is 6.17. The minimum atomic E-state index is -0.858. The molecule has 1 heterocycles. The van der Waals surface area contributed by atoms with Crippen molar-refractivity contribution in [3.8, 4) is 11.5 Å². The zero-order chi connectivity index (χ0) is 23.4. The molecule has 0 aliphatic heterocycles. The van der Waals surface area contributed by atoms with E-state index < -0.39 is 16.9 Å². The predicted molar refractivity (Wildman–Crippen MR) is 123 cm³/mol. The summed E-state index contributed by atoms with van der Waals surface area (Å²) in [6, 6.07) is 19.7. The Morgan fingerprint density at radius 1 is 1.09 bits per heavy atom. The number of fused-ring (bicyclic) bond motifs is 1. The van der Waals surface area contributed by atoms with Crippen molar-refractivity contribution in [2.24, 2.45) is 0 Å². The summed E-state index contributed by atoms with van der Waals surface area (Å²) in [7, 11) is 0. The Labute approximate surface area is 189 Å². The number of amides is 1.